The average molecular weight is 408 g/mol. The second kappa shape index (κ2) is 8.77. The molecule has 1 aliphatic rings. The number of amides is 1. The third-order valence-electron chi connectivity index (χ3n) is 5.68. The zero-order valence-electron chi connectivity index (χ0n) is 16.9. The lowest BCUT2D eigenvalue weighted by atomic mass is 10.0. The second-order valence-electron chi connectivity index (χ2n) is 7.66. The number of Topliss-reactive ketones (excluding diaryl/α,β-unsaturated/α-hetero) is 1. The first-order valence-electron chi connectivity index (χ1n) is 10.1. The molecular weight excluding hydrogens is 383 g/mol. The number of carbonyl (C=O) groups excluding carboxylic acids is 2. The summed E-state index contributed by atoms with van der Waals surface area (Å²) in [6.07, 6.45) is 1.79. The molecule has 1 fully saturated rings. The van der Waals surface area contributed by atoms with E-state index in [4.69, 9.17) is 0 Å². The molecule has 2 heterocycles. The standard InChI is InChI=1S/C23H25FN4O2/c1-16(23(30)20-14-25-21-5-3-2-4-19(20)21)28-12-10-27(11-13-28)15-22(29)26-18-8-6-17(24)7-9-18/h2-9,14,16,25H,10-13,15H2,1H3,(H,26,29)/t16-/m1/s1. The quantitative estimate of drug-likeness (QED) is 0.615. The Morgan fingerprint density at radius 2 is 1.77 bits per heavy atom. The molecule has 7 heteroatoms. The Morgan fingerprint density at radius 1 is 1.07 bits per heavy atom. The Labute approximate surface area is 174 Å². The second-order valence-corrected chi connectivity index (χ2v) is 7.66. The molecule has 2 N–H and O–H groups in total. The summed E-state index contributed by atoms with van der Waals surface area (Å²) in [7, 11) is 0. The predicted molar refractivity (Wildman–Crippen MR) is 115 cm³/mol. The van der Waals surface area contributed by atoms with Crippen molar-refractivity contribution >= 4 is 28.3 Å². The van der Waals surface area contributed by atoms with Crippen molar-refractivity contribution in [3.8, 4) is 0 Å². The topological polar surface area (TPSA) is 68.4 Å². The Bertz CT molecular complexity index is 1040. The number of nitrogens with one attached hydrogen (secondary N) is 2. The summed E-state index contributed by atoms with van der Waals surface area (Å²) in [6, 6.07) is 13.3. The van der Waals surface area contributed by atoms with Gasteiger partial charge in [0, 0.05) is 54.5 Å². The van der Waals surface area contributed by atoms with Crippen molar-refractivity contribution in [2.24, 2.45) is 0 Å². The van der Waals surface area contributed by atoms with Gasteiger partial charge in [0.1, 0.15) is 5.82 Å². The molecule has 156 valence electrons. The van der Waals surface area contributed by atoms with E-state index in [1.54, 1.807) is 18.3 Å². The Balaban J connectivity index is 1.30. The molecule has 30 heavy (non-hydrogen) atoms. The maximum Gasteiger partial charge on any atom is 0.238 e. The lowest BCUT2D eigenvalue weighted by molar-refractivity contribution is -0.117. The number of halogens is 1. The molecule has 4 rings (SSSR count). The molecule has 0 aliphatic carbocycles. The highest BCUT2D eigenvalue weighted by Crippen LogP contribution is 2.21. The van der Waals surface area contributed by atoms with Crippen LogP contribution in [-0.4, -0.2) is 65.2 Å². The number of piperazine rings is 1. The van der Waals surface area contributed by atoms with Crippen molar-refractivity contribution in [1.82, 2.24) is 14.8 Å². The maximum absolute atomic E-state index is 13.0. The van der Waals surface area contributed by atoms with Crippen LogP contribution in [0.5, 0.6) is 0 Å². The molecule has 0 spiro atoms. The Morgan fingerprint density at radius 3 is 2.50 bits per heavy atom. The van der Waals surface area contributed by atoms with E-state index in [0.717, 1.165) is 29.6 Å². The van der Waals surface area contributed by atoms with Crippen molar-refractivity contribution in [2.45, 2.75) is 13.0 Å². The van der Waals surface area contributed by atoms with Crippen molar-refractivity contribution in [1.29, 1.82) is 0 Å². The number of fused-ring (bicyclic) bond motifs is 1. The van der Waals surface area contributed by atoms with Gasteiger partial charge < -0.3 is 10.3 Å². The fourth-order valence-electron chi connectivity index (χ4n) is 3.91. The molecule has 0 unspecified atom stereocenters. The minimum absolute atomic E-state index is 0.106. The van der Waals surface area contributed by atoms with Gasteiger partial charge in [-0.2, -0.15) is 0 Å². The largest absolute Gasteiger partial charge is 0.360 e. The first-order chi connectivity index (χ1) is 14.5. The molecular formula is C23H25FN4O2. The molecule has 0 bridgehead atoms. The number of nitrogens with zero attached hydrogens (tertiary/aromatic N) is 2. The summed E-state index contributed by atoms with van der Waals surface area (Å²) >= 11 is 0. The first-order valence-corrected chi connectivity index (χ1v) is 10.1. The molecule has 1 aromatic heterocycles. The van der Waals surface area contributed by atoms with E-state index < -0.39 is 0 Å². The molecule has 1 amide bonds. The van der Waals surface area contributed by atoms with E-state index in [0.29, 0.717) is 18.8 Å². The summed E-state index contributed by atoms with van der Waals surface area (Å²) in [5, 5.41) is 3.74. The summed E-state index contributed by atoms with van der Waals surface area (Å²) < 4.78 is 13.0. The average Bonchev–Trinajstić information content (AvgIpc) is 3.19. The van der Waals surface area contributed by atoms with Gasteiger partial charge in [0.05, 0.1) is 12.6 Å². The van der Waals surface area contributed by atoms with Gasteiger partial charge in [-0.1, -0.05) is 18.2 Å². The lowest BCUT2D eigenvalue weighted by Crippen LogP contribution is -2.52. The third-order valence-corrected chi connectivity index (χ3v) is 5.68. The highest BCUT2D eigenvalue weighted by atomic mass is 19.1. The summed E-state index contributed by atoms with van der Waals surface area (Å²) in [5.74, 6) is -0.353. The van der Waals surface area contributed by atoms with Gasteiger partial charge in [-0.15, -0.1) is 0 Å². The van der Waals surface area contributed by atoms with E-state index in [-0.39, 0.29) is 30.1 Å². The number of aromatic nitrogens is 1. The van der Waals surface area contributed by atoms with Gasteiger partial charge in [0.2, 0.25) is 5.91 Å². The number of hydrogen-bond donors (Lipinski definition) is 2. The van der Waals surface area contributed by atoms with E-state index >= 15 is 0 Å². The number of anilines is 1. The minimum Gasteiger partial charge on any atom is -0.360 e. The summed E-state index contributed by atoms with van der Waals surface area (Å²) in [5.41, 5.74) is 2.27. The van der Waals surface area contributed by atoms with Gasteiger partial charge in [-0.05, 0) is 37.3 Å². The molecule has 3 aromatic rings. The zero-order valence-corrected chi connectivity index (χ0v) is 16.9. The smallest absolute Gasteiger partial charge is 0.238 e. The minimum atomic E-state index is -0.333. The van der Waals surface area contributed by atoms with Gasteiger partial charge in [-0.3, -0.25) is 19.4 Å². The normalized spacial score (nSPS) is 16.5. The van der Waals surface area contributed by atoms with Crippen LogP contribution in [0.1, 0.15) is 17.3 Å². The molecule has 1 aliphatic heterocycles. The van der Waals surface area contributed by atoms with Crippen LogP contribution in [0.15, 0.2) is 54.7 Å². The number of aromatic amines is 1. The summed E-state index contributed by atoms with van der Waals surface area (Å²) in [4.78, 5) is 32.7. The van der Waals surface area contributed by atoms with Crippen LogP contribution in [0.25, 0.3) is 10.9 Å². The number of ketones is 1. The van der Waals surface area contributed by atoms with Crippen LogP contribution in [0.2, 0.25) is 0 Å². The molecule has 6 nitrogen and oxygen atoms in total. The number of carbonyl (C=O) groups is 2. The van der Waals surface area contributed by atoms with Crippen LogP contribution >= 0.6 is 0 Å². The maximum atomic E-state index is 13.0. The van der Waals surface area contributed by atoms with Gasteiger partial charge in [0.25, 0.3) is 0 Å². The molecule has 0 radical (unpaired) electrons. The zero-order chi connectivity index (χ0) is 21.1. The Hall–Kier alpha value is -3.03. The summed E-state index contributed by atoms with van der Waals surface area (Å²) in [6.45, 7) is 5.08. The number of H-pyrrole nitrogens is 1. The highest BCUT2D eigenvalue weighted by Gasteiger charge is 2.28. The van der Waals surface area contributed by atoms with Crippen LogP contribution in [0.3, 0.4) is 0 Å². The van der Waals surface area contributed by atoms with Gasteiger partial charge in [-0.25, -0.2) is 4.39 Å². The van der Waals surface area contributed by atoms with Crippen LogP contribution in [-0.2, 0) is 4.79 Å². The van der Waals surface area contributed by atoms with Crippen molar-refractivity contribution < 1.29 is 14.0 Å². The molecule has 0 saturated carbocycles. The fraction of sp³-hybridized carbons (Fsp3) is 0.304. The van der Waals surface area contributed by atoms with Crippen molar-refractivity contribution in [2.75, 3.05) is 38.0 Å². The van der Waals surface area contributed by atoms with Crippen LogP contribution < -0.4 is 5.32 Å². The predicted octanol–water partition coefficient (Wildman–Crippen LogP) is 3.13. The third kappa shape index (κ3) is 4.42. The monoisotopic (exact) mass is 408 g/mol. The van der Waals surface area contributed by atoms with E-state index in [1.165, 1.54) is 12.1 Å². The number of benzene rings is 2. The highest BCUT2D eigenvalue weighted by molar-refractivity contribution is 6.10. The van der Waals surface area contributed by atoms with E-state index in [2.05, 4.69) is 20.1 Å². The van der Waals surface area contributed by atoms with Crippen molar-refractivity contribution in [3.05, 3.63) is 66.1 Å². The van der Waals surface area contributed by atoms with Crippen LogP contribution in [0.4, 0.5) is 10.1 Å². The van der Waals surface area contributed by atoms with Gasteiger partial charge >= 0.3 is 0 Å². The van der Waals surface area contributed by atoms with Crippen LogP contribution in [0, 0.1) is 5.82 Å². The number of para-hydroxylation sites is 1. The SMILES string of the molecule is C[C@H](C(=O)c1c[nH]c2ccccc12)N1CCN(CC(=O)Nc2ccc(F)cc2)CC1. The number of hydrogen-bond acceptors (Lipinski definition) is 4. The fourth-order valence-corrected chi connectivity index (χ4v) is 3.91. The molecule has 2 aromatic carbocycles. The van der Waals surface area contributed by atoms with E-state index in [9.17, 15) is 14.0 Å². The molecule has 1 saturated heterocycles. The molecule has 1 atom stereocenters. The van der Waals surface area contributed by atoms with Crippen molar-refractivity contribution in [3.63, 3.8) is 0 Å². The number of rotatable bonds is 6. The first kappa shape index (κ1) is 20.3. The van der Waals surface area contributed by atoms with Gasteiger partial charge in [0.15, 0.2) is 5.78 Å². The Kier molecular flexibility index (Phi) is 5.92. The lowest BCUT2D eigenvalue weighted by Gasteiger charge is -2.37. The van der Waals surface area contributed by atoms with E-state index in [1.807, 2.05) is 31.2 Å².